The summed E-state index contributed by atoms with van der Waals surface area (Å²) in [6, 6.07) is 7.68. The third kappa shape index (κ3) is 3.56. The summed E-state index contributed by atoms with van der Waals surface area (Å²) in [6.07, 6.45) is 0. The Labute approximate surface area is 150 Å². The molecule has 130 valence electrons. The van der Waals surface area contributed by atoms with Gasteiger partial charge in [-0.15, -0.1) is 11.3 Å². The number of aromatic nitrogens is 3. The predicted octanol–water partition coefficient (Wildman–Crippen LogP) is 3.90. The molecule has 2 heterocycles. The fourth-order valence-electron chi connectivity index (χ4n) is 2.63. The molecule has 0 aliphatic carbocycles. The fraction of sp³-hybridized carbons (Fsp3) is 0.278. The molecule has 0 unspecified atom stereocenters. The van der Waals surface area contributed by atoms with Gasteiger partial charge in [0.25, 0.3) is 5.91 Å². The molecule has 0 fully saturated rings. The van der Waals surface area contributed by atoms with Crippen molar-refractivity contribution in [2.45, 2.75) is 27.3 Å². The lowest BCUT2D eigenvalue weighted by Crippen LogP contribution is -2.17. The van der Waals surface area contributed by atoms with E-state index >= 15 is 0 Å². The van der Waals surface area contributed by atoms with Crippen LogP contribution in [-0.2, 0) is 6.54 Å². The zero-order valence-electron chi connectivity index (χ0n) is 14.7. The predicted molar refractivity (Wildman–Crippen MR) is 99.4 cm³/mol. The smallest absolute Gasteiger partial charge is 0.275 e. The molecule has 0 radical (unpaired) electrons. The molecule has 0 aliphatic heterocycles. The zero-order chi connectivity index (χ0) is 18.0. The van der Waals surface area contributed by atoms with Crippen LogP contribution in [0.5, 0.6) is 5.75 Å². The van der Waals surface area contributed by atoms with Crippen molar-refractivity contribution in [1.82, 2.24) is 14.8 Å². The van der Waals surface area contributed by atoms with Crippen molar-refractivity contribution in [2.24, 2.45) is 0 Å². The first-order valence-corrected chi connectivity index (χ1v) is 8.86. The van der Waals surface area contributed by atoms with Gasteiger partial charge in [0, 0.05) is 17.5 Å². The Morgan fingerprint density at radius 3 is 2.80 bits per heavy atom. The molecule has 1 N–H and O–H groups in total. The fourth-order valence-corrected chi connectivity index (χ4v) is 3.35. The largest absolute Gasteiger partial charge is 0.496 e. The lowest BCUT2D eigenvalue weighted by Gasteiger charge is -2.06. The Kier molecular flexibility index (Phi) is 4.85. The summed E-state index contributed by atoms with van der Waals surface area (Å²) >= 11 is 1.40. The second kappa shape index (κ2) is 7.06. The van der Waals surface area contributed by atoms with Crippen molar-refractivity contribution in [1.29, 1.82) is 0 Å². The van der Waals surface area contributed by atoms with Crippen molar-refractivity contribution in [3.05, 3.63) is 46.6 Å². The van der Waals surface area contributed by atoms with E-state index in [-0.39, 0.29) is 5.91 Å². The van der Waals surface area contributed by atoms with Crippen molar-refractivity contribution in [3.8, 4) is 17.0 Å². The number of hydrogen-bond donors (Lipinski definition) is 1. The molecule has 0 saturated carbocycles. The number of amides is 1. The van der Waals surface area contributed by atoms with Crippen LogP contribution in [0.3, 0.4) is 0 Å². The zero-order valence-corrected chi connectivity index (χ0v) is 15.5. The Hall–Kier alpha value is -2.67. The number of methoxy groups -OCH3 is 1. The van der Waals surface area contributed by atoms with Crippen LogP contribution in [0.1, 0.15) is 28.7 Å². The number of rotatable bonds is 5. The van der Waals surface area contributed by atoms with Gasteiger partial charge in [-0.25, -0.2) is 4.98 Å². The van der Waals surface area contributed by atoms with E-state index < -0.39 is 0 Å². The number of hydrogen-bond acceptors (Lipinski definition) is 5. The molecule has 3 aromatic rings. The topological polar surface area (TPSA) is 69.0 Å². The molecule has 3 rings (SSSR count). The molecule has 1 amide bonds. The van der Waals surface area contributed by atoms with E-state index in [1.165, 1.54) is 11.3 Å². The summed E-state index contributed by atoms with van der Waals surface area (Å²) < 4.78 is 6.97. The van der Waals surface area contributed by atoms with E-state index in [1.54, 1.807) is 17.9 Å². The standard InChI is InChI=1S/C18H20N4O2S/c1-5-22-15(9-12(3)21-22)17(23)20-18-19-14(10-25-18)13-6-7-16(24-4)11(2)8-13/h6-10H,5H2,1-4H3,(H,19,20,23). The number of thiazole rings is 1. The molecule has 25 heavy (non-hydrogen) atoms. The second-order valence-electron chi connectivity index (χ2n) is 5.66. The minimum Gasteiger partial charge on any atom is -0.496 e. The molecular formula is C18H20N4O2S. The first-order valence-electron chi connectivity index (χ1n) is 7.98. The maximum Gasteiger partial charge on any atom is 0.275 e. The monoisotopic (exact) mass is 356 g/mol. The molecule has 6 nitrogen and oxygen atoms in total. The third-order valence-corrected chi connectivity index (χ3v) is 4.61. The molecule has 7 heteroatoms. The summed E-state index contributed by atoms with van der Waals surface area (Å²) in [5.74, 6) is 0.643. The van der Waals surface area contributed by atoms with Crippen LogP contribution in [0.25, 0.3) is 11.3 Å². The van der Waals surface area contributed by atoms with E-state index in [1.807, 2.05) is 44.4 Å². The maximum absolute atomic E-state index is 12.5. The lowest BCUT2D eigenvalue weighted by molar-refractivity contribution is 0.101. The number of nitrogens with zero attached hydrogens (tertiary/aromatic N) is 3. The summed E-state index contributed by atoms with van der Waals surface area (Å²) in [7, 11) is 1.65. The Morgan fingerprint density at radius 2 is 2.12 bits per heavy atom. The van der Waals surface area contributed by atoms with Crippen LogP contribution >= 0.6 is 11.3 Å². The Bertz CT molecular complexity index is 914. The van der Waals surface area contributed by atoms with Gasteiger partial charge in [-0.1, -0.05) is 0 Å². The summed E-state index contributed by atoms with van der Waals surface area (Å²) in [6.45, 7) is 6.46. The molecule has 0 aliphatic rings. The van der Waals surface area contributed by atoms with Gasteiger partial charge < -0.3 is 4.74 Å². The SMILES string of the molecule is CCn1nc(C)cc1C(=O)Nc1nc(-c2ccc(OC)c(C)c2)cs1. The van der Waals surface area contributed by atoms with Gasteiger partial charge in [-0.2, -0.15) is 5.10 Å². The van der Waals surface area contributed by atoms with Crippen LogP contribution in [0.4, 0.5) is 5.13 Å². The normalized spacial score (nSPS) is 10.7. The number of benzene rings is 1. The highest BCUT2D eigenvalue weighted by Gasteiger charge is 2.15. The van der Waals surface area contributed by atoms with Crippen LogP contribution in [0.2, 0.25) is 0 Å². The average molecular weight is 356 g/mol. The number of nitrogens with one attached hydrogen (secondary N) is 1. The summed E-state index contributed by atoms with van der Waals surface area (Å²) in [5, 5.41) is 9.65. The molecule has 1 aromatic carbocycles. The Balaban J connectivity index is 1.79. The van der Waals surface area contributed by atoms with E-state index in [0.717, 1.165) is 28.3 Å². The number of carbonyl (C=O) groups is 1. The minimum atomic E-state index is -0.200. The second-order valence-corrected chi connectivity index (χ2v) is 6.52. The number of anilines is 1. The molecule has 2 aromatic heterocycles. The number of ether oxygens (including phenoxy) is 1. The van der Waals surface area contributed by atoms with Crippen LogP contribution < -0.4 is 10.1 Å². The molecule has 0 atom stereocenters. The van der Waals surface area contributed by atoms with Gasteiger partial charge in [0.1, 0.15) is 11.4 Å². The summed E-state index contributed by atoms with van der Waals surface area (Å²) in [5.41, 5.74) is 4.22. The van der Waals surface area contributed by atoms with Gasteiger partial charge in [0.2, 0.25) is 0 Å². The van der Waals surface area contributed by atoms with Gasteiger partial charge in [0.05, 0.1) is 18.5 Å². The third-order valence-electron chi connectivity index (χ3n) is 3.85. The van der Waals surface area contributed by atoms with Crippen LogP contribution in [0.15, 0.2) is 29.6 Å². The minimum absolute atomic E-state index is 0.200. The van der Waals surface area contributed by atoms with Crippen molar-refractivity contribution in [2.75, 3.05) is 12.4 Å². The van der Waals surface area contributed by atoms with E-state index in [9.17, 15) is 4.79 Å². The highest BCUT2D eigenvalue weighted by molar-refractivity contribution is 7.14. The highest BCUT2D eigenvalue weighted by Crippen LogP contribution is 2.29. The lowest BCUT2D eigenvalue weighted by atomic mass is 10.1. The van der Waals surface area contributed by atoms with Crippen molar-refractivity contribution in [3.63, 3.8) is 0 Å². The first-order chi connectivity index (χ1) is 12.0. The van der Waals surface area contributed by atoms with Crippen molar-refractivity contribution < 1.29 is 9.53 Å². The first kappa shape index (κ1) is 17.2. The molecule has 0 spiro atoms. The van der Waals surface area contributed by atoms with Crippen LogP contribution in [-0.4, -0.2) is 27.8 Å². The highest BCUT2D eigenvalue weighted by atomic mass is 32.1. The molecule has 0 saturated heterocycles. The van der Waals surface area contributed by atoms with E-state index in [2.05, 4.69) is 15.4 Å². The average Bonchev–Trinajstić information content (AvgIpc) is 3.21. The number of carbonyl (C=O) groups excluding carboxylic acids is 1. The quantitative estimate of drug-likeness (QED) is 0.753. The van der Waals surface area contributed by atoms with Crippen LogP contribution in [0, 0.1) is 13.8 Å². The van der Waals surface area contributed by atoms with Gasteiger partial charge >= 0.3 is 0 Å². The van der Waals surface area contributed by atoms with Gasteiger partial charge in [-0.05, 0) is 50.6 Å². The van der Waals surface area contributed by atoms with E-state index in [4.69, 9.17) is 4.74 Å². The van der Waals surface area contributed by atoms with Gasteiger partial charge in [-0.3, -0.25) is 14.8 Å². The van der Waals surface area contributed by atoms with Crippen molar-refractivity contribution >= 4 is 22.4 Å². The molecular weight excluding hydrogens is 336 g/mol. The maximum atomic E-state index is 12.5. The molecule has 0 bridgehead atoms. The Morgan fingerprint density at radius 1 is 1.32 bits per heavy atom. The summed E-state index contributed by atoms with van der Waals surface area (Å²) in [4.78, 5) is 17.0. The van der Waals surface area contributed by atoms with Gasteiger partial charge in [0.15, 0.2) is 5.13 Å². The number of aryl methyl sites for hydroxylation is 3. The van der Waals surface area contributed by atoms with E-state index in [0.29, 0.717) is 17.4 Å².